The van der Waals surface area contributed by atoms with Crippen LogP contribution in [0.3, 0.4) is 0 Å². The Morgan fingerprint density at radius 2 is 1.62 bits per heavy atom. The van der Waals surface area contributed by atoms with Crippen molar-refractivity contribution in [3.05, 3.63) is 78.0 Å². The molecule has 0 spiro atoms. The van der Waals surface area contributed by atoms with Crippen LogP contribution < -0.4 is 17.2 Å². The summed E-state index contributed by atoms with van der Waals surface area (Å²) in [5.74, 6) is 0.0366. The van der Waals surface area contributed by atoms with Gasteiger partial charge in [-0.15, -0.1) is 0 Å². The molecule has 6 N–H and O–H groups in total. The summed E-state index contributed by atoms with van der Waals surface area (Å²) in [4.78, 5) is 17.1. The molecule has 1 saturated carbocycles. The molecule has 1 aromatic heterocycles. The maximum Gasteiger partial charge on any atom is 0.265 e. The summed E-state index contributed by atoms with van der Waals surface area (Å²) in [6.07, 6.45) is 3.88. The van der Waals surface area contributed by atoms with Gasteiger partial charge in [0.05, 0.1) is 17.2 Å². The average molecular weight is 426 g/mol. The summed E-state index contributed by atoms with van der Waals surface area (Å²) in [6, 6.07) is 22.4. The first-order chi connectivity index (χ1) is 15.5. The number of benzene rings is 3. The molecular formula is C26H27N5O. The van der Waals surface area contributed by atoms with E-state index in [1.165, 1.54) is 0 Å². The highest BCUT2D eigenvalue weighted by Gasteiger charge is 2.20. The van der Waals surface area contributed by atoms with Crippen molar-refractivity contribution in [3.63, 3.8) is 0 Å². The monoisotopic (exact) mass is 425 g/mol. The Labute approximate surface area is 186 Å². The van der Waals surface area contributed by atoms with E-state index in [1.807, 2.05) is 53.1 Å². The van der Waals surface area contributed by atoms with E-state index < -0.39 is 5.91 Å². The smallest absolute Gasteiger partial charge is 0.265 e. The van der Waals surface area contributed by atoms with Gasteiger partial charge < -0.3 is 21.8 Å². The Bertz CT molecular complexity index is 1340. The molecule has 0 radical (unpaired) electrons. The van der Waals surface area contributed by atoms with Gasteiger partial charge in [-0.1, -0.05) is 48.5 Å². The highest BCUT2D eigenvalue weighted by atomic mass is 16.1. The van der Waals surface area contributed by atoms with E-state index in [1.54, 1.807) is 0 Å². The van der Waals surface area contributed by atoms with Crippen LogP contribution in [-0.4, -0.2) is 28.4 Å². The Balaban J connectivity index is 1.65. The van der Waals surface area contributed by atoms with Crippen LogP contribution in [0.4, 0.5) is 0 Å². The number of primary amides is 1. The van der Waals surface area contributed by atoms with Gasteiger partial charge in [-0.3, -0.25) is 9.79 Å². The molecule has 6 heteroatoms. The van der Waals surface area contributed by atoms with Crippen molar-refractivity contribution >= 4 is 33.4 Å². The van der Waals surface area contributed by atoms with Gasteiger partial charge in [0, 0.05) is 22.4 Å². The average Bonchev–Trinajstić information content (AvgIpc) is 3.19. The predicted octanol–water partition coefficient (Wildman–Crippen LogP) is 3.86. The summed E-state index contributed by atoms with van der Waals surface area (Å²) >= 11 is 0. The molecule has 1 aliphatic carbocycles. The van der Waals surface area contributed by atoms with Gasteiger partial charge in [0.2, 0.25) is 0 Å². The molecule has 3 aromatic carbocycles. The minimum absolute atomic E-state index is 0.205. The second-order valence-electron chi connectivity index (χ2n) is 8.58. The largest absolute Gasteiger partial charge is 0.383 e. The predicted molar refractivity (Wildman–Crippen MR) is 130 cm³/mol. The second kappa shape index (κ2) is 8.13. The lowest BCUT2D eigenvalue weighted by atomic mass is 9.92. The van der Waals surface area contributed by atoms with E-state index >= 15 is 0 Å². The Morgan fingerprint density at radius 3 is 2.41 bits per heavy atom. The molecule has 0 atom stereocenters. The lowest BCUT2D eigenvalue weighted by Gasteiger charge is -2.23. The molecule has 1 heterocycles. The minimum atomic E-state index is -0.476. The van der Waals surface area contributed by atoms with Crippen molar-refractivity contribution in [2.24, 2.45) is 22.2 Å². The van der Waals surface area contributed by atoms with Gasteiger partial charge in [-0.2, -0.15) is 0 Å². The van der Waals surface area contributed by atoms with Crippen LogP contribution in [-0.2, 0) is 0 Å². The fourth-order valence-corrected chi connectivity index (χ4v) is 4.71. The molecule has 0 aliphatic heterocycles. The molecule has 1 amide bonds. The lowest BCUT2D eigenvalue weighted by molar-refractivity contribution is 0.0994. The van der Waals surface area contributed by atoms with Gasteiger partial charge in [0.1, 0.15) is 11.5 Å². The molecule has 4 aromatic rings. The zero-order valence-corrected chi connectivity index (χ0v) is 17.9. The number of nitrogens with zero attached hydrogens (tertiary/aromatic N) is 2. The van der Waals surface area contributed by atoms with Gasteiger partial charge in [0.25, 0.3) is 5.91 Å². The third-order valence-electron chi connectivity index (χ3n) is 6.42. The fourth-order valence-electron chi connectivity index (χ4n) is 4.71. The summed E-state index contributed by atoms with van der Waals surface area (Å²) < 4.78 is 1.93. The first-order valence-corrected chi connectivity index (χ1v) is 11.0. The third kappa shape index (κ3) is 3.63. The summed E-state index contributed by atoms with van der Waals surface area (Å²) in [6.45, 7) is 0. The Kier molecular flexibility index (Phi) is 5.15. The van der Waals surface area contributed by atoms with Gasteiger partial charge >= 0.3 is 0 Å². The van der Waals surface area contributed by atoms with Crippen molar-refractivity contribution in [3.8, 4) is 5.69 Å². The first-order valence-electron chi connectivity index (χ1n) is 11.0. The topological polar surface area (TPSA) is 112 Å². The number of carbonyl (C=O) groups is 1. The van der Waals surface area contributed by atoms with Crippen molar-refractivity contribution < 1.29 is 4.79 Å². The number of aliphatic imine (C=N–C) groups is 1. The van der Waals surface area contributed by atoms with Crippen LogP contribution in [0.2, 0.25) is 0 Å². The summed E-state index contributed by atoms with van der Waals surface area (Å²) in [7, 11) is 0. The van der Waals surface area contributed by atoms with Crippen molar-refractivity contribution in [2.45, 2.75) is 37.8 Å². The number of hydrogen-bond donors (Lipinski definition) is 3. The third-order valence-corrected chi connectivity index (χ3v) is 6.42. The molecule has 162 valence electrons. The number of amides is 1. The molecule has 5 rings (SSSR count). The fraction of sp³-hybridized carbons (Fsp3) is 0.231. The first kappa shape index (κ1) is 20.3. The van der Waals surface area contributed by atoms with Crippen LogP contribution in [0.25, 0.3) is 27.4 Å². The summed E-state index contributed by atoms with van der Waals surface area (Å²) in [5.41, 5.74) is 21.3. The molecule has 32 heavy (non-hydrogen) atoms. The van der Waals surface area contributed by atoms with Crippen LogP contribution in [0, 0.1) is 0 Å². The van der Waals surface area contributed by atoms with E-state index in [9.17, 15) is 4.79 Å². The number of amidine groups is 1. The van der Waals surface area contributed by atoms with Crippen LogP contribution in [0.15, 0.2) is 71.7 Å². The van der Waals surface area contributed by atoms with E-state index in [4.69, 9.17) is 22.2 Å². The highest BCUT2D eigenvalue weighted by Crippen LogP contribution is 2.30. The van der Waals surface area contributed by atoms with Crippen molar-refractivity contribution in [1.82, 2.24) is 4.57 Å². The van der Waals surface area contributed by atoms with Crippen molar-refractivity contribution in [1.29, 1.82) is 0 Å². The number of hydrogen-bond acceptors (Lipinski definition) is 3. The lowest BCUT2D eigenvalue weighted by Crippen LogP contribution is -2.29. The maximum absolute atomic E-state index is 12.4. The van der Waals surface area contributed by atoms with Gasteiger partial charge in [0.15, 0.2) is 0 Å². The maximum atomic E-state index is 12.4. The van der Waals surface area contributed by atoms with Crippen LogP contribution in [0.5, 0.6) is 0 Å². The van der Waals surface area contributed by atoms with Crippen molar-refractivity contribution in [2.75, 3.05) is 0 Å². The standard InChI is InChI=1S/C26H27N5O/c27-19-10-12-20(13-11-19)30-25(28)18-9-8-17-14-24(26(29)32)31(23(17)15-18)22-7-3-5-16-4-1-2-6-21(16)22/h1-9,14-15,19-20H,10-13,27H2,(H2,28,30)(H2,29,32). The van der Waals surface area contributed by atoms with E-state index in [0.29, 0.717) is 11.5 Å². The van der Waals surface area contributed by atoms with Crippen LogP contribution >= 0.6 is 0 Å². The Hall–Kier alpha value is -3.64. The normalized spacial score (nSPS) is 19.5. The second-order valence-corrected chi connectivity index (χ2v) is 8.58. The zero-order chi connectivity index (χ0) is 22.2. The molecule has 0 bridgehead atoms. The summed E-state index contributed by atoms with van der Waals surface area (Å²) in [5, 5.41) is 3.06. The molecule has 1 fully saturated rings. The molecular weight excluding hydrogens is 398 g/mol. The zero-order valence-electron chi connectivity index (χ0n) is 17.9. The molecule has 0 saturated heterocycles. The molecule has 1 aliphatic rings. The highest BCUT2D eigenvalue weighted by molar-refractivity contribution is 6.05. The minimum Gasteiger partial charge on any atom is -0.383 e. The molecule has 6 nitrogen and oxygen atoms in total. The van der Waals surface area contributed by atoms with Gasteiger partial charge in [-0.05, 0) is 49.3 Å². The van der Waals surface area contributed by atoms with E-state index in [0.717, 1.165) is 58.6 Å². The number of fused-ring (bicyclic) bond motifs is 2. The van der Waals surface area contributed by atoms with Gasteiger partial charge in [-0.25, -0.2) is 0 Å². The van der Waals surface area contributed by atoms with E-state index in [2.05, 4.69) is 18.2 Å². The SMILES string of the molecule is NC(=O)c1cc2ccc(C(N)=NC3CCC(N)CC3)cc2n1-c1cccc2ccccc12. The number of nitrogens with two attached hydrogens (primary N) is 3. The van der Waals surface area contributed by atoms with Crippen LogP contribution in [0.1, 0.15) is 41.7 Å². The quantitative estimate of drug-likeness (QED) is 0.341. The number of rotatable bonds is 4. The number of carbonyl (C=O) groups excluding carboxylic acids is 1. The van der Waals surface area contributed by atoms with E-state index in [-0.39, 0.29) is 12.1 Å². The number of aromatic nitrogens is 1. The Morgan fingerprint density at radius 1 is 0.875 bits per heavy atom. The molecule has 0 unspecified atom stereocenters.